The van der Waals surface area contributed by atoms with Gasteiger partial charge in [-0.05, 0) is 39.9 Å². The molecule has 0 saturated carbocycles. The number of sulfonamides is 1. The second-order valence-corrected chi connectivity index (χ2v) is 9.95. The molecule has 26 heavy (non-hydrogen) atoms. The Kier molecular flexibility index (Phi) is 4.56. The Morgan fingerprint density at radius 1 is 1.27 bits per heavy atom. The number of rotatable bonds is 3. The number of aryl methyl sites for hydroxylation is 2. The van der Waals surface area contributed by atoms with Crippen LogP contribution in [0.15, 0.2) is 26.3 Å². The molecule has 1 aliphatic rings. The third-order valence-electron chi connectivity index (χ3n) is 4.75. The number of benzene rings is 1. The van der Waals surface area contributed by atoms with Gasteiger partial charge in [-0.25, -0.2) is 17.9 Å². The van der Waals surface area contributed by atoms with Crippen LogP contribution in [0.25, 0.3) is 11.0 Å². The number of nitrogens with zero attached hydrogens (tertiary/aromatic N) is 2. The van der Waals surface area contributed by atoms with Crippen LogP contribution in [-0.2, 0) is 28.9 Å². The summed E-state index contributed by atoms with van der Waals surface area (Å²) in [6.45, 7) is 4.68. The number of carbonyl (C=O) groups excluding carboxylic acids is 1. The zero-order chi connectivity index (χ0) is 19.4. The molecule has 0 spiro atoms. The second kappa shape index (κ2) is 6.21. The highest BCUT2D eigenvalue weighted by atomic mass is 79.9. The van der Waals surface area contributed by atoms with E-state index in [9.17, 15) is 18.0 Å². The highest BCUT2D eigenvalue weighted by molar-refractivity contribution is 9.10. The molecule has 2 N–H and O–H groups in total. The summed E-state index contributed by atoms with van der Waals surface area (Å²) >= 11 is 3.24. The lowest BCUT2D eigenvalue weighted by molar-refractivity contribution is -0.121. The van der Waals surface area contributed by atoms with Crippen molar-refractivity contribution in [3.05, 3.63) is 27.1 Å². The molecule has 1 fully saturated rings. The number of fused-ring (bicyclic) bond motifs is 1. The first kappa shape index (κ1) is 19.1. The molecule has 1 amide bonds. The van der Waals surface area contributed by atoms with Crippen LogP contribution in [0.5, 0.6) is 0 Å². The Balaban J connectivity index is 1.97. The zero-order valence-corrected chi connectivity index (χ0v) is 17.4. The summed E-state index contributed by atoms with van der Waals surface area (Å²) in [5, 5.41) is 3.05. The van der Waals surface area contributed by atoms with E-state index in [1.54, 1.807) is 20.2 Å². The second-order valence-electron chi connectivity index (χ2n) is 7.44. The summed E-state index contributed by atoms with van der Waals surface area (Å²) in [5.74, 6) is -0.579. The van der Waals surface area contributed by atoms with E-state index < -0.39 is 22.0 Å². The fraction of sp³-hybridized carbons (Fsp3) is 0.500. The summed E-state index contributed by atoms with van der Waals surface area (Å²) < 4.78 is 30.7. The minimum absolute atomic E-state index is 0.0619. The number of halogens is 1. The van der Waals surface area contributed by atoms with Gasteiger partial charge in [-0.2, -0.15) is 0 Å². The van der Waals surface area contributed by atoms with Crippen LogP contribution >= 0.6 is 15.9 Å². The molecule has 1 aromatic carbocycles. The average molecular weight is 445 g/mol. The predicted octanol–water partition coefficient (Wildman–Crippen LogP) is 0.832. The summed E-state index contributed by atoms with van der Waals surface area (Å²) in [7, 11) is -0.909. The minimum atomic E-state index is -4.09. The standard InChI is InChI=1S/C16H21BrN4O4S/c1-16(2)7-10(18-8-16)14(22)19-26(24,25)13-6-12-11(5-9(13)17)20(3)15(23)21(12)4/h5-6,10,18H,7-8H2,1-4H3,(H,19,22)/t10-/m1/s1. The number of hydrogen-bond donors (Lipinski definition) is 2. The summed E-state index contributed by atoms with van der Waals surface area (Å²) in [5.41, 5.74) is 0.735. The van der Waals surface area contributed by atoms with Crippen molar-refractivity contribution in [3.63, 3.8) is 0 Å². The minimum Gasteiger partial charge on any atom is -0.305 e. The van der Waals surface area contributed by atoms with E-state index >= 15 is 0 Å². The topological polar surface area (TPSA) is 102 Å². The molecule has 2 heterocycles. The van der Waals surface area contributed by atoms with Crippen molar-refractivity contribution in [1.29, 1.82) is 0 Å². The van der Waals surface area contributed by atoms with Crippen molar-refractivity contribution in [2.75, 3.05) is 6.54 Å². The molecule has 3 rings (SSSR count). The van der Waals surface area contributed by atoms with Crippen LogP contribution in [0.4, 0.5) is 0 Å². The van der Waals surface area contributed by atoms with Gasteiger partial charge < -0.3 is 5.32 Å². The molecule has 1 aliphatic heterocycles. The van der Waals surface area contributed by atoms with Gasteiger partial charge in [0, 0.05) is 25.1 Å². The maximum Gasteiger partial charge on any atom is 0.328 e. The van der Waals surface area contributed by atoms with E-state index in [-0.39, 0.29) is 20.5 Å². The Labute approximate surface area is 159 Å². The van der Waals surface area contributed by atoms with Crippen LogP contribution in [0.3, 0.4) is 0 Å². The molecule has 8 nitrogen and oxygen atoms in total. The molecular weight excluding hydrogens is 424 g/mol. The SMILES string of the molecule is Cn1c(=O)n(C)c2cc(S(=O)(=O)NC(=O)[C@H]3CC(C)(C)CN3)c(Br)cc21. The maximum atomic E-state index is 12.7. The molecule has 1 atom stereocenters. The van der Waals surface area contributed by atoms with Crippen molar-refractivity contribution in [3.8, 4) is 0 Å². The first-order chi connectivity index (χ1) is 11.9. The molecule has 1 aromatic heterocycles. The number of amides is 1. The van der Waals surface area contributed by atoms with Gasteiger partial charge in [0.25, 0.3) is 15.9 Å². The van der Waals surface area contributed by atoms with E-state index in [2.05, 4.69) is 26.0 Å². The highest BCUT2D eigenvalue weighted by Gasteiger charge is 2.36. The summed E-state index contributed by atoms with van der Waals surface area (Å²) in [6.07, 6.45) is 0.557. The monoisotopic (exact) mass is 444 g/mol. The Morgan fingerprint density at radius 3 is 2.38 bits per heavy atom. The fourth-order valence-electron chi connectivity index (χ4n) is 3.25. The van der Waals surface area contributed by atoms with Gasteiger partial charge >= 0.3 is 5.69 Å². The molecule has 0 unspecified atom stereocenters. The van der Waals surface area contributed by atoms with Crippen molar-refractivity contribution in [1.82, 2.24) is 19.2 Å². The molecule has 0 bridgehead atoms. The van der Waals surface area contributed by atoms with Gasteiger partial charge in [-0.3, -0.25) is 13.9 Å². The molecule has 10 heteroatoms. The van der Waals surface area contributed by atoms with E-state index in [0.29, 0.717) is 24.0 Å². The van der Waals surface area contributed by atoms with Gasteiger partial charge in [0.2, 0.25) is 0 Å². The Hall–Kier alpha value is -1.65. The smallest absolute Gasteiger partial charge is 0.305 e. The first-order valence-corrected chi connectivity index (χ1v) is 10.4. The van der Waals surface area contributed by atoms with Crippen LogP contribution < -0.4 is 15.7 Å². The largest absolute Gasteiger partial charge is 0.328 e. The third-order valence-corrected chi connectivity index (χ3v) is 7.06. The van der Waals surface area contributed by atoms with Crippen molar-refractivity contribution >= 4 is 42.9 Å². The van der Waals surface area contributed by atoms with E-state index in [0.717, 1.165) is 0 Å². The Bertz CT molecular complexity index is 1070. The van der Waals surface area contributed by atoms with Gasteiger partial charge in [-0.15, -0.1) is 0 Å². The normalized spacial score (nSPS) is 19.8. The highest BCUT2D eigenvalue weighted by Crippen LogP contribution is 2.29. The van der Waals surface area contributed by atoms with E-state index in [1.165, 1.54) is 15.2 Å². The maximum absolute atomic E-state index is 12.7. The fourth-order valence-corrected chi connectivity index (χ4v) is 5.32. The number of nitrogens with one attached hydrogen (secondary N) is 2. The molecule has 142 valence electrons. The molecule has 0 aliphatic carbocycles. The Morgan fingerprint density at radius 2 is 1.85 bits per heavy atom. The molecular formula is C16H21BrN4O4S. The number of imidazole rings is 1. The number of carbonyl (C=O) groups is 1. The van der Waals surface area contributed by atoms with Crippen molar-refractivity contribution in [2.24, 2.45) is 19.5 Å². The number of hydrogen-bond acceptors (Lipinski definition) is 5. The van der Waals surface area contributed by atoms with E-state index in [1.807, 2.05) is 13.8 Å². The van der Waals surface area contributed by atoms with Crippen LogP contribution in [0.2, 0.25) is 0 Å². The summed E-state index contributed by atoms with van der Waals surface area (Å²) in [4.78, 5) is 24.4. The lowest BCUT2D eigenvalue weighted by Crippen LogP contribution is -2.43. The van der Waals surface area contributed by atoms with Gasteiger partial charge in [0.05, 0.1) is 17.1 Å². The van der Waals surface area contributed by atoms with Gasteiger partial charge in [-0.1, -0.05) is 13.8 Å². The quantitative estimate of drug-likeness (QED) is 0.729. The van der Waals surface area contributed by atoms with E-state index in [4.69, 9.17) is 0 Å². The van der Waals surface area contributed by atoms with Gasteiger partial charge in [0.15, 0.2) is 0 Å². The summed E-state index contributed by atoms with van der Waals surface area (Å²) in [6, 6.07) is 2.40. The lowest BCUT2D eigenvalue weighted by atomic mass is 9.90. The molecule has 1 saturated heterocycles. The van der Waals surface area contributed by atoms with Crippen LogP contribution in [-0.4, -0.2) is 36.0 Å². The number of aromatic nitrogens is 2. The molecule has 0 radical (unpaired) electrons. The van der Waals surface area contributed by atoms with Crippen molar-refractivity contribution < 1.29 is 13.2 Å². The van der Waals surface area contributed by atoms with Crippen LogP contribution in [0, 0.1) is 5.41 Å². The van der Waals surface area contributed by atoms with Gasteiger partial charge in [0.1, 0.15) is 4.90 Å². The molecule has 2 aromatic rings. The zero-order valence-electron chi connectivity index (χ0n) is 15.0. The first-order valence-electron chi connectivity index (χ1n) is 8.08. The van der Waals surface area contributed by atoms with Crippen LogP contribution in [0.1, 0.15) is 20.3 Å². The average Bonchev–Trinajstić information content (AvgIpc) is 3.00. The lowest BCUT2D eigenvalue weighted by Gasteiger charge is -2.15. The van der Waals surface area contributed by atoms with Crippen molar-refractivity contribution in [2.45, 2.75) is 31.2 Å². The predicted molar refractivity (Wildman–Crippen MR) is 101 cm³/mol. The third kappa shape index (κ3) is 3.21.